The van der Waals surface area contributed by atoms with Gasteiger partial charge in [0.15, 0.2) is 0 Å². The Kier molecular flexibility index (Phi) is 5.03. The first-order chi connectivity index (χ1) is 14.0. The van der Waals surface area contributed by atoms with Crippen molar-refractivity contribution in [3.63, 3.8) is 0 Å². The van der Waals surface area contributed by atoms with Gasteiger partial charge in [0.25, 0.3) is 0 Å². The Morgan fingerprint density at radius 1 is 0.862 bits per heavy atom. The van der Waals surface area contributed by atoms with E-state index in [0.29, 0.717) is 23.7 Å². The van der Waals surface area contributed by atoms with Gasteiger partial charge >= 0.3 is 6.18 Å². The van der Waals surface area contributed by atoms with Gasteiger partial charge in [-0.1, -0.05) is 30.3 Å². The van der Waals surface area contributed by atoms with Crippen LogP contribution in [-0.4, -0.2) is 9.67 Å². The van der Waals surface area contributed by atoms with Crippen LogP contribution in [0.2, 0.25) is 0 Å². The van der Waals surface area contributed by atoms with E-state index < -0.39 is 11.7 Å². The van der Waals surface area contributed by atoms with Crippen molar-refractivity contribution >= 4 is 10.9 Å². The van der Waals surface area contributed by atoms with Crippen molar-refractivity contribution in [3.8, 4) is 11.4 Å². The number of hydrogen-bond acceptors (Lipinski definition) is 2. The molecule has 0 saturated carbocycles. The van der Waals surface area contributed by atoms with Crippen LogP contribution in [0.5, 0.6) is 5.75 Å². The van der Waals surface area contributed by atoms with Crippen molar-refractivity contribution in [1.82, 2.24) is 4.57 Å². The minimum absolute atomic E-state index is 0.240. The highest BCUT2D eigenvalue weighted by atomic mass is 19.4. The molecule has 3 aromatic carbocycles. The first kappa shape index (κ1) is 19.1. The Bertz CT molecular complexity index is 1120. The smallest absolute Gasteiger partial charge is 0.416 e. The third-order valence-electron chi connectivity index (χ3n) is 4.71. The van der Waals surface area contributed by atoms with E-state index in [1.165, 1.54) is 12.1 Å². The zero-order valence-corrected chi connectivity index (χ0v) is 15.4. The van der Waals surface area contributed by atoms with E-state index >= 15 is 0 Å². The molecule has 4 rings (SSSR count). The number of ether oxygens (including phenoxy) is 1. The molecule has 3 nitrogen and oxygen atoms in total. The number of rotatable bonds is 5. The molecule has 0 atom stereocenters. The number of nitrogens with zero attached hydrogens (tertiary/aromatic N) is 1. The van der Waals surface area contributed by atoms with E-state index in [1.54, 1.807) is 4.57 Å². The second-order valence-corrected chi connectivity index (χ2v) is 6.67. The van der Waals surface area contributed by atoms with Crippen molar-refractivity contribution in [2.45, 2.75) is 19.4 Å². The lowest BCUT2D eigenvalue weighted by Crippen LogP contribution is -2.06. The highest BCUT2D eigenvalue weighted by Crippen LogP contribution is 2.32. The van der Waals surface area contributed by atoms with Crippen molar-refractivity contribution in [2.75, 3.05) is 0 Å². The second-order valence-electron chi connectivity index (χ2n) is 6.67. The van der Waals surface area contributed by atoms with E-state index in [4.69, 9.17) is 4.74 Å². The van der Waals surface area contributed by atoms with Gasteiger partial charge in [-0.25, -0.2) is 0 Å². The van der Waals surface area contributed by atoms with E-state index in [0.717, 1.165) is 28.6 Å². The molecule has 0 aliphatic carbocycles. The van der Waals surface area contributed by atoms with Gasteiger partial charge in [-0.05, 0) is 54.1 Å². The van der Waals surface area contributed by atoms with Crippen molar-refractivity contribution in [3.05, 3.63) is 95.7 Å². The van der Waals surface area contributed by atoms with Gasteiger partial charge in [0.2, 0.25) is 0 Å². The molecule has 0 bridgehead atoms. The maximum atomic E-state index is 12.8. The summed E-state index contributed by atoms with van der Waals surface area (Å²) in [5.41, 5.74) is 2.25. The first-order valence-corrected chi connectivity index (χ1v) is 9.05. The molecule has 0 saturated heterocycles. The van der Waals surface area contributed by atoms with Gasteiger partial charge in [0, 0.05) is 16.8 Å². The number of aliphatic hydroxyl groups excluding tert-OH is 1. The fourth-order valence-electron chi connectivity index (χ4n) is 3.30. The normalized spacial score (nSPS) is 11.7. The van der Waals surface area contributed by atoms with Gasteiger partial charge < -0.3 is 14.4 Å². The largest absolute Gasteiger partial charge is 0.489 e. The van der Waals surface area contributed by atoms with Gasteiger partial charge in [-0.15, -0.1) is 0 Å². The lowest BCUT2D eigenvalue weighted by molar-refractivity contribution is -0.137. The number of aliphatic hydroxyl groups is 1. The summed E-state index contributed by atoms with van der Waals surface area (Å²) in [7, 11) is 0. The summed E-state index contributed by atoms with van der Waals surface area (Å²) in [5, 5.41) is 10.6. The topological polar surface area (TPSA) is 34.4 Å². The molecule has 29 heavy (non-hydrogen) atoms. The predicted octanol–water partition coefficient (Wildman–Crippen LogP) is 5.72. The van der Waals surface area contributed by atoms with Crippen molar-refractivity contribution < 1.29 is 23.0 Å². The summed E-state index contributed by atoms with van der Waals surface area (Å²) in [6.45, 7) is 0.189. The number of benzene rings is 3. The van der Waals surface area contributed by atoms with Gasteiger partial charge in [-0.2, -0.15) is 13.2 Å². The summed E-state index contributed by atoms with van der Waals surface area (Å²) in [4.78, 5) is 0. The number of fused-ring (bicyclic) bond motifs is 1. The quantitative estimate of drug-likeness (QED) is 0.467. The molecular weight excluding hydrogens is 379 g/mol. The minimum atomic E-state index is -4.39. The standard InChI is InChI=1S/C23H18F3NO2/c24-23(25,26)18-6-8-19(9-7-18)27-20(14-28)12-17-13-21(10-11-22(17)27)29-15-16-4-2-1-3-5-16/h1-13,28H,14-15H2. The van der Waals surface area contributed by atoms with Crippen LogP contribution in [0, 0.1) is 0 Å². The summed E-state index contributed by atoms with van der Waals surface area (Å²) in [6, 6.07) is 22.0. The van der Waals surface area contributed by atoms with Crippen LogP contribution in [0.3, 0.4) is 0 Å². The maximum absolute atomic E-state index is 12.8. The Labute approximate surface area is 165 Å². The number of aromatic nitrogens is 1. The zero-order chi connectivity index (χ0) is 20.4. The molecule has 6 heteroatoms. The average molecular weight is 397 g/mol. The summed E-state index contributed by atoms with van der Waals surface area (Å²) in [6.07, 6.45) is -4.39. The predicted molar refractivity (Wildman–Crippen MR) is 105 cm³/mol. The molecule has 0 unspecified atom stereocenters. The average Bonchev–Trinajstić information content (AvgIpc) is 3.10. The van der Waals surface area contributed by atoms with Crippen LogP contribution < -0.4 is 4.74 Å². The van der Waals surface area contributed by atoms with Crippen molar-refractivity contribution in [1.29, 1.82) is 0 Å². The van der Waals surface area contributed by atoms with E-state index in [1.807, 2.05) is 54.6 Å². The highest BCUT2D eigenvalue weighted by molar-refractivity contribution is 5.84. The lowest BCUT2D eigenvalue weighted by atomic mass is 10.2. The van der Waals surface area contributed by atoms with E-state index in [-0.39, 0.29) is 6.61 Å². The molecule has 0 spiro atoms. The summed E-state index contributed by atoms with van der Waals surface area (Å²) >= 11 is 0. The van der Waals surface area contributed by atoms with E-state index in [2.05, 4.69) is 0 Å². The Morgan fingerprint density at radius 2 is 1.59 bits per heavy atom. The molecule has 4 aromatic rings. The van der Waals surface area contributed by atoms with Crippen LogP contribution in [0.4, 0.5) is 13.2 Å². The molecule has 0 aliphatic rings. The van der Waals surface area contributed by atoms with Crippen LogP contribution >= 0.6 is 0 Å². The molecular formula is C23H18F3NO2. The van der Waals surface area contributed by atoms with Gasteiger partial charge in [0.05, 0.1) is 17.7 Å². The third kappa shape index (κ3) is 3.98. The monoisotopic (exact) mass is 397 g/mol. The summed E-state index contributed by atoms with van der Waals surface area (Å²) < 4.78 is 46.1. The van der Waals surface area contributed by atoms with Crippen LogP contribution in [0.1, 0.15) is 16.8 Å². The lowest BCUT2D eigenvalue weighted by Gasteiger charge is -2.12. The van der Waals surface area contributed by atoms with Crippen LogP contribution in [0.25, 0.3) is 16.6 Å². The van der Waals surface area contributed by atoms with Crippen molar-refractivity contribution in [2.24, 2.45) is 0 Å². The van der Waals surface area contributed by atoms with Gasteiger partial charge in [0.1, 0.15) is 12.4 Å². The first-order valence-electron chi connectivity index (χ1n) is 9.05. The maximum Gasteiger partial charge on any atom is 0.416 e. The fourth-order valence-corrected chi connectivity index (χ4v) is 3.30. The minimum Gasteiger partial charge on any atom is -0.489 e. The van der Waals surface area contributed by atoms with Gasteiger partial charge in [-0.3, -0.25) is 0 Å². The molecule has 0 fully saturated rings. The number of hydrogen-bond donors (Lipinski definition) is 1. The highest BCUT2D eigenvalue weighted by Gasteiger charge is 2.30. The molecule has 1 heterocycles. The second kappa shape index (κ2) is 7.64. The molecule has 1 aromatic heterocycles. The van der Waals surface area contributed by atoms with Crippen LogP contribution in [0.15, 0.2) is 78.9 Å². The molecule has 148 valence electrons. The Morgan fingerprint density at radius 3 is 2.24 bits per heavy atom. The molecule has 0 aliphatic heterocycles. The Hall–Kier alpha value is -3.25. The fraction of sp³-hybridized carbons (Fsp3) is 0.130. The SMILES string of the molecule is OCc1cc2cc(OCc3ccccc3)ccc2n1-c1ccc(C(F)(F)F)cc1. The third-order valence-corrected chi connectivity index (χ3v) is 4.71. The molecule has 0 radical (unpaired) electrons. The summed E-state index contributed by atoms with van der Waals surface area (Å²) in [5.74, 6) is 0.676. The zero-order valence-electron chi connectivity index (χ0n) is 15.4. The number of halogens is 3. The van der Waals surface area contributed by atoms with Crippen LogP contribution in [-0.2, 0) is 19.4 Å². The number of alkyl halides is 3. The van der Waals surface area contributed by atoms with E-state index in [9.17, 15) is 18.3 Å². The molecule has 0 amide bonds. The molecule has 1 N–H and O–H groups in total. The Balaban J connectivity index is 1.66.